The summed E-state index contributed by atoms with van der Waals surface area (Å²) in [5.41, 5.74) is 6.25. The molecular formula is C22H32N4O3. The topological polar surface area (TPSA) is 65.1 Å². The van der Waals surface area contributed by atoms with Gasteiger partial charge in [-0.25, -0.2) is 9.80 Å². The van der Waals surface area contributed by atoms with Gasteiger partial charge in [0.1, 0.15) is 0 Å². The van der Waals surface area contributed by atoms with Gasteiger partial charge in [0, 0.05) is 39.0 Å². The van der Waals surface area contributed by atoms with Crippen LogP contribution >= 0.6 is 0 Å². The minimum Gasteiger partial charge on any atom is -0.446 e. The van der Waals surface area contributed by atoms with Gasteiger partial charge in [0.15, 0.2) is 0 Å². The van der Waals surface area contributed by atoms with Crippen molar-refractivity contribution in [3.63, 3.8) is 0 Å². The highest BCUT2D eigenvalue weighted by atomic mass is 16.6. The van der Waals surface area contributed by atoms with Gasteiger partial charge in [0.25, 0.3) is 0 Å². The summed E-state index contributed by atoms with van der Waals surface area (Å²) in [7, 11) is 0. The fourth-order valence-corrected chi connectivity index (χ4v) is 4.42. The maximum absolute atomic E-state index is 12.8. The normalized spacial score (nSPS) is 24.7. The molecule has 0 spiro atoms. The molecule has 2 amide bonds. The number of anilines is 2. The Morgan fingerprint density at radius 1 is 1.21 bits per heavy atom. The summed E-state index contributed by atoms with van der Waals surface area (Å²) in [6, 6.07) is 6.06. The summed E-state index contributed by atoms with van der Waals surface area (Å²) in [5, 5.41) is 2.33. The van der Waals surface area contributed by atoms with Gasteiger partial charge < -0.3 is 9.64 Å². The summed E-state index contributed by atoms with van der Waals surface area (Å²) < 4.78 is 5.49. The van der Waals surface area contributed by atoms with E-state index in [-0.39, 0.29) is 24.1 Å². The van der Waals surface area contributed by atoms with E-state index in [1.54, 1.807) is 16.7 Å². The lowest BCUT2D eigenvalue weighted by molar-refractivity contribution is -0.117. The van der Waals surface area contributed by atoms with E-state index >= 15 is 0 Å². The first kappa shape index (κ1) is 20.2. The molecule has 1 aromatic carbocycles. The van der Waals surface area contributed by atoms with Crippen LogP contribution in [0.5, 0.6) is 0 Å². The Kier molecular flexibility index (Phi) is 5.53. The Morgan fingerprint density at radius 3 is 2.62 bits per heavy atom. The third-order valence-corrected chi connectivity index (χ3v) is 5.98. The number of benzene rings is 1. The van der Waals surface area contributed by atoms with E-state index in [0.29, 0.717) is 12.5 Å². The van der Waals surface area contributed by atoms with Crippen LogP contribution in [0.3, 0.4) is 0 Å². The van der Waals surface area contributed by atoms with Crippen LogP contribution in [0.15, 0.2) is 18.2 Å². The monoisotopic (exact) mass is 400 g/mol. The van der Waals surface area contributed by atoms with Crippen molar-refractivity contribution in [3.8, 4) is 0 Å². The first-order chi connectivity index (χ1) is 13.8. The molecule has 0 radical (unpaired) electrons. The second kappa shape index (κ2) is 7.95. The number of fused-ring (bicyclic) bond motifs is 1. The van der Waals surface area contributed by atoms with Crippen molar-refractivity contribution in [2.45, 2.75) is 58.6 Å². The number of nitrogens with one attached hydrogen (secondary N) is 1. The lowest BCUT2D eigenvalue weighted by Gasteiger charge is -2.40. The minimum absolute atomic E-state index is 0.0125. The van der Waals surface area contributed by atoms with Crippen LogP contribution in [0.25, 0.3) is 0 Å². The van der Waals surface area contributed by atoms with E-state index in [4.69, 9.17) is 4.74 Å². The molecule has 1 saturated carbocycles. The van der Waals surface area contributed by atoms with Gasteiger partial charge >= 0.3 is 6.09 Å². The van der Waals surface area contributed by atoms with Crippen molar-refractivity contribution in [1.82, 2.24) is 10.4 Å². The van der Waals surface area contributed by atoms with E-state index in [1.165, 1.54) is 18.4 Å². The van der Waals surface area contributed by atoms with Gasteiger partial charge in [-0.1, -0.05) is 6.07 Å². The van der Waals surface area contributed by atoms with Crippen molar-refractivity contribution < 1.29 is 14.3 Å². The second-order valence-electron chi connectivity index (χ2n) is 8.94. The molecule has 2 atom stereocenters. The number of hydrogen-bond acceptors (Lipinski definition) is 5. The van der Waals surface area contributed by atoms with Gasteiger partial charge in [-0.3, -0.25) is 15.1 Å². The summed E-state index contributed by atoms with van der Waals surface area (Å²) in [6.07, 6.45) is 2.14. The maximum Gasteiger partial charge on any atom is 0.414 e. The minimum atomic E-state index is -0.353. The van der Waals surface area contributed by atoms with Gasteiger partial charge in [0.2, 0.25) is 5.91 Å². The van der Waals surface area contributed by atoms with Crippen molar-refractivity contribution in [2.75, 3.05) is 36.0 Å². The number of amides is 2. The molecule has 1 N–H and O–H groups in total. The first-order valence-electron chi connectivity index (χ1n) is 10.7. The predicted molar refractivity (Wildman–Crippen MR) is 113 cm³/mol. The van der Waals surface area contributed by atoms with Crippen molar-refractivity contribution in [2.24, 2.45) is 5.92 Å². The molecule has 7 nitrogen and oxygen atoms in total. The second-order valence-corrected chi connectivity index (χ2v) is 8.94. The first-order valence-corrected chi connectivity index (χ1v) is 10.7. The number of carbonyl (C=O) groups is 2. The quantitative estimate of drug-likeness (QED) is 0.841. The van der Waals surface area contributed by atoms with Crippen LogP contribution in [0.4, 0.5) is 16.2 Å². The fourth-order valence-electron chi connectivity index (χ4n) is 4.42. The Bertz CT molecular complexity index is 792. The Balaban J connectivity index is 1.62. The van der Waals surface area contributed by atoms with Crippen molar-refractivity contribution >= 4 is 23.4 Å². The molecule has 2 heterocycles. The van der Waals surface area contributed by atoms with Crippen LogP contribution in [0, 0.1) is 5.92 Å². The standard InChI is InChI=1S/C22H32N4O3/c1-14(2)29-22(28)25-11-15(3)26(16(4)27)20-8-7-18(9-21(20)25)19-10-23-24(13-19)12-17-5-6-17/h7-9,14-15,17,19,23H,5-6,10-13H2,1-4H3/t15-,19?/m0/s1. The highest BCUT2D eigenvalue weighted by molar-refractivity contribution is 6.02. The zero-order chi connectivity index (χ0) is 20.7. The van der Waals surface area contributed by atoms with Crippen molar-refractivity contribution in [3.05, 3.63) is 23.8 Å². The molecule has 1 aromatic rings. The van der Waals surface area contributed by atoms with E-state index in [2.05, 4.69) is 22.6 Å². The molecule has 2 aliphatic heterocycles. The molecule has 0 bridgehead atoms. The molecule has 1 saturated heterocycles. The number of ether oxygens (including phenoxy) is 1. The van der Waals surface area contributed by atoms with Crippen LogP contribution in [-0.2, 0) is 9.53 Å². The van der Waals surface area contributed by atoms with Gasteiger partial charge in [-0.2, -0.15) is 0 Å². The molecule has 1 unspecified atom stereocenters. The summed E-state index contributed by atoms with van der Waals surface area (Å²) in [5.74, 6) is 1.20. The maximum atomic E-state index is 12.8. The highest BCUT2D eigenvalue weighted by Gasteiger charge is 2.36. The summed E-state index contributed by atoms with van der Waals surface area (Å²) in [6.45, 7) is 10.7. The predicted octanol–water partition coefficient (Wildman–Crippen LogP) is 3.11. The average Bonchev–Trinajstić information content (AvgIpc) is 3.34. The van der Waals surface area contributed by atoms with E-state index in [1.807, 2.05) is 26.8 Å². The molecule has 158 valence electrons. The zero-order valence-electron chi connectivity index (χ0n) is 17.9. The van der Waals surface area contributed by atoms with E-state index in [9.17, 15) is 9.59 Å². The molecule has 0 aromatic heterocycles. The molecule has 7 heteroatoms. The highest BCUT2D eigenvalue weighted by Crippen LogP contribution is 2.39. The molecule has 1 aliphatic carbocycles. The lowest BCUT2D eigenvalue weighted by Crippen LogP contribution is -2.51. The smallest absolute Gasteiger partial charge is 0.414 e. The van der Waals surface area contributed by atoms with Crippen LogP contribution in [-0.4, -0.2) is 55.3 Å². The molecule has 4 rings (SSSR count). The molecule has 2 fully saturated rings. The summed E-state index contributed by atoms with van der Waals surface area (Å²) in [4.78, 5) is 28.5. The number of rotatable bonds is 4. The largest absolute Gasteiger partial charge is 0.446 e. The fraction of sp³-hybridized carbons (Fsp3) is 0.636. The van der Waals surface area contributed by atoms with Gasteiger partial charge in [-0.15, -0.1) is 0 Å². The Morgan fingerprint density at radius 2 is 1.97 bits per heavy atom. The van der Waals surface area contributed by atoms with E-state index < -0.39 is 0 Å². The molecule has 29 heavy (non-hydrogen) atoms. The third kappa shape index (κ3) is 4.26. The van der Waals surface area contributed by atoms with Crippen molar-refractivity contribution in [1.29, 1.82) is 0 Å². The Labute approximate surface area is 172 Å². The molecule has 3 aliphatic rings. The van der Waals surface area contributed by atoms with Crippen LogP contribution in [0.2, 0.25) is 0 Å². The number of carbonyl (C=O) groups excluding carboxylic acids is 2. The van der Waals surface area contributed by atoms with Gasteiger partial charge in [-0.05, 0) is 57.2 Å². The Hall–Kier alpha value is -2.12. The number of hydrogen-bond donors (Lipinski definition) is 1. The number of hydrazine groups is 1. The third-order valence-electron chi connectivity index (χ3n) is 5.98. The summed E-state index contributed by atoms with van der Waals surface area (Å²) >= 11 is 0. The van der Waals surface area contributed by atoms with Crippen LogP contribution in [0.1, 0.15) is 52.0 Å². The number of nitrogens with zero attached hydrogens (tertiary/aromatic N) is 3. The SMILES string of the molecule is CC(=O)N1c2ccc(C3CNN(CC4CC4)C3)cc2N(C(=O)OC(C)C)C[C@@H]1C. The lowest BCUT2D eigenvalue weighted by atomic mass is 9.97. The zero-order valence-corrected chi connectivity index (χ0v) is 17.9. The average molecular weight is 401 g/mol. The molecular weight excluding hydrogens is 368 g/mol. The van der Waals surface area contributed by atoms with Crippen LogP contribution < -0.4 is 15.2 Å². The van der Waals surface area contributed by atoms with E-state index in [0.717, 1.165) is 36.9 Å². The van der Waals surface area contributed by atoms with Gasteiger partial charge in [0.05, 0.1) is 23.5 Å².